The zero-order chi connectivity index (χ0) is 14.9. The topological polar surface area (TPSA) is 85.2 Å². The minimum Gasteiger partial charge on any atom is -0.281 e. The molecule has 0 bridgehead atoms. The van der Waals surface area contributed by atoms with E-state index in [-0.39, 0.29) is 23.3 Å². The van der Waals surface area contributed by atoms with Gasteiger partial charge in [-0.3, -0.25) is 9.69 Å². The van der Waals surface area contributed by atoms with Crippen molar-refractivity contribution >= 4 is 21.7 Å². The van der Waals surface area contributed by atoms with Crippen molar-refractivity contribution < 1.29 is 13.2 Å². The molecule has 3 rings (SSSR count). The van der Waals surface area contributed by atoms with Crippen LogP contribution >= 0.6 is 0 Å². The Morgan fingerprint density at radius 3 is 2.76 bits per heavy atom. The molecule has 1 fully saturated rings. The first-order valence-electron chi connectivity index (χ1n) is 7.48. The summed E-state index contributed by atoms with van der Waals surface area (Å²) >= 11 is 0. The fraction of sp³-hybridized carbons (Fsp3) is 0.769. The molecular formula is C13H20N4O3S. The summed E-state index contributed by atoms with van der Waals surface area (Å²) in [6.07, 6.45) is 5.72. The molecule has 0 spiro atoms. The van der Waals surface area contributed by atoms with Gasteiger partial charge < -0.3 is 0 Å². The van der Waals surface area contributed by atoms with Crippen LogP contribution in [0.2, 0.25) is 0 Å². The van der Waals surface area contributed by atoms with Crippen LogP contribution in [0.5, 0.6) is 0 Å². The Morgan fingerprint density at radius 2 is 2.00 bits per heavy atom. The molecule has 0 aromatic carbocycles. The summed E-state index contributed by atoms with van der Waals surface area (Å²) in [6, 6.07) is 0. The predicted molar refractivity (Wildman–Crippen MR) is 77.7 cm³/mol. The highest BCUT2D eigenvalue weighted by Crippen LogP contribution is 2.26. The van der Waals surface area contributed by atoms with E-state index in [0.717, 1.165) is 38.6 Å². The Labute approximate surface area is 124 Å². The molecule has 2 aliphatic rings. The van der Waals surface area contributed by atoms with Crippen LogP contribution in [-0.4, -0.2) is 46.6 Å². The smallest absolute Gasteiger partial charge is 0.230 e. The molecule has 1 aromatic heterocycles. The van der Waals surface area contributed by atoms with Gasteiger partial charge in [0.2, 0.25) is 11.9 Å². The molecule has 7 nitrogen and oxygen atoms in total. The van der Waals surface area contributed by atoms with Crippen LogP contribution in [0.25, 0.3) is 0 Å². The highest BCUT2D eigenvalue weighted by atomic mass is 32.2. The number of nitrogens with zero attached hydrogens (tertiary/aromatic N) is 4. The van der Waals surface area contributed by atoms with Gasteiger partial charge in [-0.15, -0.1) is 0 Å². The van der Waals surface area contributed by atoms with E-state index >= 15 is 0 Å². The number of aryl methyl sites for hydroxylation is 1. The lowest BCUT2D eigenvalue weighted by Gasteiger charge is -2.26. The van der Waals surface area contributed by atoms with Crippen LogP contribution < -0.4 is 4.90 Å². The number of carbonyl (C=O) groups is 1. The lowest BCUT2D eigenvalue weighted by Crippen LogP contribution is -2.39. The van der Waals surface area contributed by atoms with Gasteiger partial charge in [0.25, 0.3) is 0 Å². The number of fused-ring (bicyclic) bond motifs is 1. The lowest BCUT2D eigenvalue weighted by atomic mass is 10.3. The summed E-state index contributed by atoms with van der Waals surface area (Å²) < 4.78 is 26.1. The van der Waals surface area contributed by atoms with Crippen molar-refractivity contribution in [2.75, 3.05) is 17.2 Å². The van der Waals surface area contributed by atoms with Crippen molar-refractivity contribution in [2.45, 2.75) is 50.3 Å². The number of anilines is 1. The predicted octanol–water partition coefficient (Wildman–Crippen LogP) is 0.762. The normalized spacial score (nSPS) is 19.7. The average molecular weight is 312 g/mol. The molecule has 0 radical (unpaired) electrons. The van der Waals surface area contributed by atoms with E-state index < -0.39 is 9.84 Å². The number of hydrogen-bond donors (Lipinski definition) is 0. The van der Waals surface area contributed by atoms with Gasteiger partial charge >= 0.3 is 0 Å². The maximum atomic E-state index is 12.3. The van der Waals surface area contributed by atoms with Crippen LogP contribution in [0.3, 0.4) is 0 Å². The third-order valence-electron chi connectivity index (χ3n) is 4.30. The van der Waals surface area contributed by atoms with Gasteiger partial charge in [-0.2, -0.15) is 10.1 Å². The Bertz CT molecular complexity index is 619. The van der Waals surface area contributed by atoms with Crippen molar-refractivity contribution in [2.24, 2.45) is 0 Å². The maximum absolute atomic E-state index is 12.3. The number of rotatable bonds is 4. The minimum absolute atomic E-state index is 0.0334. The van der Waals surface area contributed by atoms with Gasteiger partial charge in [-0.25, -0.2) is 13.1 Å². The van der Waals surface area contributed by atoms with Crippen molar-refractivity contribution in [3.05, 3.63) is 6.33 Å². The monoisotopic (exact) mass is 312 g/mol. The molecule has 21 heavy (non-hydrogen) atoms. The molecule has 0 unspecified atom stereocenters. The van der Waals surface area contributed by atoms with E-state index in [1.54, 1.807) is 9.58 Å². The van der Waals surface area contributed by atoms with Crippen molar-refractivity contribution in [1.29, 1.82) is 0 Å². The average Bonchev–Trinajstić information content (AvgIpc) is 3.14. The second kappa shape index (κ2) is 5.75. The number of amides is 1. The van der Waals surface area contributed by atoms with Crippen molar-refractivity contribution in [3.63, 3.8) is 0 Å². The van der Waals surface area contributed by atoms with Gasteiger partial charge in [0, 0.05) is 19.5 Å². The maximum Gasteiger partial charge on any atom is 0.230 e. The Balaban J connectivity index is 1.63. The van der Waals surface area contributed by atoms with E-state index in [0.29, 0.717) is 12.5 Å². The summed E-state index contributed by atoms with van der Waals surface area (Å²) in [6.45, 7) is 1.33. The van der Waals surface area contributed by atoms with Crippen LogP contribution in [0.15, 0.2) is 6.33 Å². The van der Waals surface area contributed by atoms with E-state index in [1.165, 1.54) is 6.33 Å². The highest BCUT2D eigenvalue weighted by Gasteiger charge is 2.31. The molecule has 0 saturated heterocycles. The second-order valence-corrected chi connectivity index (χ2v) is 8.11. The first-order chi connectivity index (χ1) is 10.1. The van der Waals surface area contributed by atoms with Crippen molar-refractivity contribution in [1.82, 2.24) is 14.8 Å². The molecule has 1 amide bonds. The molecule has 8 heteroatoms. The van der Waals surface area contributed by atoms with Crippen LogP contribution in [0.4, 0.5) is 5.95 Å². The highest BCUT2D eigenvalue weighted by molar-refractivity contribution is 7.92. The lowest BCUT2D eigenvalue weighted by molar-refractivity contribution is -0.118. The van der Waals surface area contributed by atoms with Gasteiger partial charge in [0.15, 0.2) is 9.84 Å². The zero-order valence-corrected chi connectivity index (χ0v) is 12.8. The van der Waals surface area contributed by atoms with E-state index in [2.05, 4.69) is 10.1 Å². The molecular weight excluding hydrogens is 292 g/mol. The molecule has 0 atom stereocenters. The van der Waals surface area contributed by atoms with Crippen molar-refractivity contribution in [3.8, 4) is 0 Å². The third-order valence-corrected chi connectivity index (χ3v) is 6.56. The minimum atomic E-state index is -3.15. The first kappa shape index (κ1) is 14.5. The summed E-state index contributed by atoms with van der Waals surface area (Å²) in [5, 5.41) is 3.81. The number of hydrogen-bond acceptors (Lipinski definition) is 5. The summed E-state index contributed by atoms with van der Waals surface area (Å²) in [7, 11) is -3.15. The van der Waals surface area contributed by atoms with Crippen LogP contribution in [0.1, 0.15) is 38.5 Å². The second-order valence-electron chi connectivity index (χ2n) is 5.71. The number of aromatic nitrogens is 3. The molecule has 1 saturated carbocycles. The molecule has 1 aliphatic heterocycles. The summed E-state index contributed by atoms with van der Waals surface area (Å²) in [5.74, 6) is 0.302. The summed E-state index contributed by atoms with van der Waals surface area (Å²) in [5.41, 5.74) is 0. The third kappa shape index (κ3) is 2.95. The van der Waals surface area contributed by atoms with E-state index in [1.807, 2.05) is 0 Å². The molecule has 1 aliphatic carbocycles. The molecule has 116 valence electrons. The quantitative estimate of drug-likeness (QED) is 0.819. The standard InChI is InChI=1S/C13H20N4O3S/c18-12(6-9-21(19,20)11-4-1-2-5-11)16-7-3-8-17-13(16)14-10-15-17/h10-11H,1-9H2. The molecule has 2 heterocycles. The number of carbonyl (C=O) groups excluding carboxylic acids is 1. The number of sulfone groups is 1. The van der Waals surface area contributed by atoms with Crippen LogP contribution in [0, 0.1) is 0 Å². The Morgan fingerprint density at radius 1 is 1.24 bits per heavy atom. The van der Waals surface area contributed by atoms with E-state index in [4.69, 9.17) is 0 Å². The van der Waals surface area contributed by atoms with Crippen LogP contribution in [-0.2, 0) is 21.2 Å². The van der Waals surface area contributed by atoms with Gasteiger partial charge in [-0.05, 0) is 19.3 Å². The first-order valence-corrected chi connectivity index (χ1v) is 9.19. The largest absolute Gasteiger partial charge is 0.281 e. The fourth-order valence-electron chi connectivity index (χ4n) is 3.12. The Kier molecular flexibility index (Phi) is 3.97. The van der Waals surface area contributed by atoms with Gasteiger partial charge in [0.05, 0.1) is 11.0 Å². The zero-order valence-electron chi connectivity index (χ0n) is 11.9. The molecule has 0 N–H and O–H groups in total. The van der Waals surface area contributed by atoms with Gasteiger partial charge in [-0.1, -0.05) is 12.8 Å². The van der Waals surface area contributed by atoms with E-state index in [9.17, 15) is 13.2 Å². The SMILES string of the molecule is O=C(CCS(=O)(=O)C1CCCC1)N1CCCn2ncnc21. The van der Waals surface area contributed by atoms with Gasteiger partial charge in [0.1, 0.15) is 6.33 Å². The summed E-state index contributed by atoms with van der Waals surface area (Å²) in [4.78, 5) is 17.9. The Hall–Kier alpha value is -1.44. The molecule has 1 aromatic rings. The fourth-order valence-corrected chi connectivity index (χ4v) is 4.96.